The smallest absolute Gasteiger partial charge is 0.117 e. The lowest BCUT2D eigenvalue weighted by Gasteiger charge is -2.25. The van der Waals surface area contributed by atoms with E-state index in [4.69, 9.17) is 4.42 Å². The van der Waals surface area contributed by atoms with E-state index in [-0.39, 0.29) is 0 Å². The molecular formula is C14H21N3O. The lowest BCUT2D eigenvalue weighted by molar-refractivity contribution is 0.141. The average molecular weight is 247 g/mol. The fraction of sp³-hybridized carbons (Fsp3) is 0.500. The third-order valence-corrected chi connectivity index (χ3v) is 3.09. The average Bonchev–Trinajstić information content (AvgIpc) is 2.88. The van der Waals surface area contributed by atoms with E-state index in [1.165, 1.54) is 5.69 Å². The first-order valence-corrected chi connectivity index (χ1v) is 6.33. The molecule has 2 rings (SSSR count). The summed E-state index contributed by atoms with van der Waals surface area (Å²) >= 11 is 0. The highest BCUT2D eigenvalue weighted by Gasteiger charge is 2.13. The summed E-state index contributed by atoms with van der Waals surface area (Å²) in [5.74, 6) is 0.991. The molecule has 18 heavy (non-hydrogen) atoms. The van der Waals surface area contributed by atoms with Gasteiger partial charge >= 0.3 is 0 Å². The normalized spacial score (nSPS) is 11.7. The molecule has 0 bridgehead atoms. The summed E-state index contributed by atoms with van der Waals surface area (Å²) in [4.78, 5) is 2.33. The Morgan fingerprint density at radius 3 is 2.67 bits per heavy atom. The van der Waals surface area contributed by atoms with Crippen LogP contribution in [0, 0.1) is 13.8 Å². The van der Waals surface area contributed by atoms with Crippen LogP contribution in [0.25, 0.3) is 0 Å². The minimum Gasteiger partial charge on any atom is -0.468 e. The maximum Gasteiger partial charge on any atom is 0.117 e. The van der Waals surface area contributed by atoms with E-state index in [1.807, 2.05) is 23.7 Å². The standard InChI is InChI=1S/C14H21N3O/c1-11(2)16(9-14-6-5-7-18-14)10-17-13(4)8-12(3)15-17/h5-8,11H,9-10H2,1-4H3. The van der Waals surface area contributed by atoms with Gasteiger partial charge < -0.3 is 4.42 Å². The largest absolute Gasteiger partial charge is 0.468 e. The molecule has 0 saturated heterocycles. The molecule has 0 amide bonds. The van der Waals surface area contributed by atoms with Crippen molar-refractivity contribution in [2.24, 2.45) is 0 Å². The topological polar surface area (TPSA) is 34.2 Å². The molecule has 0 spiro atoms. The van der Waals surface area contributed by atoms with Crippen LogP contribution in [0.4, 0.5) is 0 Å². The molecule has 0 N–H and O–H groups in total. The summed E-state index contributed by atoms with van der Waals surface area (Å²) in [6.07, 6.45) is 1.72. The van der Waals surface area contributed by atoms with Crippen molar-refractivity contribution in [3.05, 3.63) is 41.6 Å². The third kappa shape index (κ3) is 3.01. The van der Waals surface area contributed by atoms with Crippen LogP contribution in [-0.4, -0.2) is 20.7 Å². The van der Waals surface area contributed by atoms with Gasteiger partial charge in [-0.15, -0.1) is 0 Å². The molecule has 0 atom stereocenters. The number of aromatic nitrogens is 2. The highest BCUT2D eigenvalue weighted by atomic mass is 16.3. The van der Waals surface area contributed by atoms with Crippen LogP contribution in [0.3, 0.4) is 0 Å². The number of hydrogen-bond donors (Lipinski definition) is 0. The fourth-order valence-electron chi connectivity index (χ4n) is 1.99. The molecule has 0 aromatic carbocycles. The second-order valence-corrected chi connectivity index (χ2v) is 4.99. The molecule has 4 nitrogen and oxygen atoms in total. The van der Waals surface area contributed by atoms with E-state index < -0.39 is 0 Å². The van der Waals surface area contributed by atoms with Crippen molar-refractivity contribution in [1.82, 2.24) is 14.7 Å². The fourth-order valence-corrected chi connectivity index (χ4v) is 1.99. The number of hydrogen-bond acceptors (Lipinski definition) is 3. The first-order chi connectivity index (χ1) is 8.56. The van der Waals surface area contributed by atoms with Crippen LogP contribution in [0.15, 0.2) is 28.9 Å². The quantitative estimate of drug-likeness (QED) is 0.814. The minimum absolute atomic E-state index is 0.444. The van der Waals surface area contributed by atoms with Gasteiger partial charge in [-0.3, -0.25) is 9.58 Å². The first-order valence-electron chi connectivity index (χ1n) is 6.33. The molecule has 4 heteroatoms. The minimum atomic E-state index is 0.444. The van der Waals surface area contributed by atoms with Gasteiger partial charge in [-0.1, -0.05) is 0 Å². The number of furan rings is 1. The zero-order chi connectivity index (χ0) is 13.1. The van der Waals surface area contributed by atoms with Crippen LogP contribution in [-0.2, 0) is 13.2 Å². The Hall–Kier alpha value is -1.55. The van der Waals surface area contributed by atoms with Gasteiger partial charge in [0.1, 0.15) is 5.76 Å². The molecule has 0 radical (unpaired) electrons. The van der Waals surface area contributed by atoms with Crippen molar-refractivity contribution in [1.29, 1.82) is 0 Å². The summed E-state index contributed by atoms with van der Waals surface area (Å²) in [5.41, 5.74) is 2.26. The van der Waals surface area contributed by atoms with Crippen LogP contribution >= 0.6 is 0 Å². The Morgan fingerprint density at radius 1 is 1.39 bits per heavy atom. The van der Waals surface area contributed by atoms with Crippen LogP contribution in [0.1, 0.15) is 31.0 Å². The molecule has 0 aliphatic carbocycles. The monoisotopic (exact) mass is 247 g/mol. The number of nitrogens with zero attached hydrogens (tertiary/aromatic N) is 3. The SMILES string of the molecule is Cc1cc(C)n(CN(Cc2ccco2)C(C)C)n1. The first kappa shape index (κ1) is 12.9. The lowest BCUT2D eigenvalue weighted by atomic mass is 10.3. The Morgan fingerprint density at radius 2 is 2.17 bits per heavy atom. The van der Waals surface area contributed by atoms with Gasteiger partial charge in [-0.2, -0.15) is 5.10 Å². The summed E-state index contributed by atoms with van der Waals surface area (Å²) in [7, 11) is 0. The Kier molecular flexibility index (Phi) is 3.87. The predicted molar refractivity (Wildman–Crippen MR) is 71.1 cm³/mol. The van der Waals surface area contributed by atoms with Crippen molar-refractivity contribution in [3.63, 3.8) is 0 Å². The van der Waals surface area contributed by atoms with Gasteiger partial charge in [0.2, 0.25) is 0 Å². The molecule has 0 aliphatic rings. The second-order valence-electron chi connectivity index (χ2n) is 4.99. The molecule has 0 aliphatic heterocycles. The van der Waals surface area contributed by atoms with Gasteiger partial charge in [0.25, 0.3) is 0 Å². The number of aryl methyl sites for hydroxylation is 2. The molecule has 2 aromatic heterocycles. The maximum absolute atomic E-state index is 5.42. The molecular weight excluding hydrogens is 226 g/mol. The molecule has 2 aromatic rings. The van der Waals surface area contributed by atoms with Crippen molar-refractivity contribution < 1.29 is 4.42 Å². The van der Waals surface area contributed by atoms with Crippen molar-refractivity contribution in [3.8, 4) is 0 Å². The summed E-state index contributed by atoms with van der Waals surface area (Å²) in [5, 5.41) is 4.51. The van der Waals surface area contributed by atoms with Crippen LogP contribution < -0.4 is 0 Å². The molecule has 98 valence electrons. The molecule has 0 unspecified atom stereocenters. The number of rotatable bonds is 5. The van der Waals surface area contributed by atoms with E-state index in [1.54, 1.807) is 6.26 Å². The summed E-state index contributed by atoms with van der Waals surface area (Å²) < 4.78 is 7.46. The van der Waals surface area contributed by atoms with Crippen molar-refractivity contribution in [2.45, 2.75) is 47.0 Å². The van der Waals surface area contributed by atoms with Gasteiger partial charge in [-0.25, -0.2) is 0 Å². The Labute approximate surface area is 108 Å². The van der Waals surface area contributed by atoms with Crippen molar-refractivity contribution >= 4 is 0 Å². The molecule has 0 fully saturated rings. The maximum atomic E-state index is 5.42. The summed E-state index contributed by atoms with van der Waals surface area (Å²) in [6.45, 7) is 10.1. The zero-order valence-electron chi connectivity index (χ0n) is 11.6. The van der Waals surface area contributed by atoms with Crippen molar-refractivity contribution in [2.75, 3.05) is 0 Å². The van der Waals surface area contributed by atoms with Gasteiger partial charge in [0, 0.05) is 11.7 Å². The Bertz CT molecular complexity index is 485. The summed E-state index contributed by atoms with van der Waals surface area (Å²) in [6, 6.07) is 6.48. The molecule has 2 heterocycles. The van der Waals surface area contributed by atoms with Gasteiger partial charge in [0.05, 0.1) is 25.2 Å². The van der Waals surface area contributed by atoms with Crippen LogP contribution in [0.5, 0.6) is 0 Å². The van der Waals surface area contributed by atoms with E-state index in [9.17, 15) is 0 Å². The van der Waals surface area contributed by atoms with E-state index >= 15 is 0 Å². The second kappa shape index (κ2) is 5.40. The highest BCUT2D eigenvalue weighted by molar-refractivity contribution is 5.06. The van der Waals surface area contributed by atoms with Gasteiger partial charge in [-0.05, 0) is 45.9 Å². The van der Waals surface area contributed by atoms with Crippen LogP contribution in [0.2, 0.25) is 0 Å². The Balaban J connectivity index is 2.09. The van der Waals surface area contributed by atoms with E-state index in [0.29, 0.717) is 6.04 Å². The third-order valence-electron chi connectivity index (χ3n) is 3.09. The lowest BCUT2D eigenvalue weighted by Crippen LogP contribution is -2.33. The highest BCUT2D eigenvalue weighted by Crippen LogP contribution is 2.11. The van der Waals surface area contributed by atoms with E-state index in [0.717, 1.165) is 24.7 Å². The van der Waals surface area contributed by atoms with E-state index in [2.05, 4.69) is 36.8 Å². The predicted octanol–water partition coefficient (Wildman–Crippen LogP) is 2.96. The van der Waals surface area contributed by atoms with Gasteiger partial charge in [0.15, 0.2) is 0 Å². The molecule has 0 saturated carbocycles. The zero-order valence-corrected chi connectivity index (χ0v) is 11.6.